The standard InChI is InChI=1S/C15H13BrCl2/c1-9-3-4-14(10(2)5-9)15(16)11-6-12(17)8-13(18)7-11/h3-8,15H,1-2H3. The molecule has 0 fully saturated rings. The van der Waals surface area contributed by atoms with Crippen molar-refractivity contribution in [1.82, 2.24) is 0 Å². The topological polar surface area (TPSA) is 0 Å². The van der Waals surface area contributed by atoms with E-state index in [0.717, 1.165) is 5.56 Å². The maximum Gasteiger partial charge on any atom is 0.0648 e. The Kier molecular flexibility index (Phi) is 4.37. The SMILES string of the molecule is Cc1ccc(C(Br)c2cc(Cl)cc(Cl)c2)c(C)c1. The van der Waals surface area contributed by atoms with Crippen molar-refractivity contribution in [2.45, 2.75) is 18.7 Å². The molecular weight excluding hydrogens is 331 g/mol. The average Bonchev–Trinajstić information content (AvgIpc) is 2.26. The van der Waals surface area contributed by atoms with Gasteiger partial charge in [0, 0.05) is 10.0 Å². The average molecular weight is 344 g/mol. The van der Waals surface area contributed by atoms with Gasteiger partial charge in [0.2, 0.25) is 0 Å². The molecule has 0 nitrogen and oxygen atoms in total. The van der Waals surface area contributed by atoms with E-state index in [2.05, 4.69) is 48.0 Å². The van der Waals surface area contributed by atoms with Crippen LogP contribution in [0.1, 0.15) is 27.1 Å². The van der Waals surface area contributed by atoms with Crippen molar-refractivity contribution in [3.05, 3.63) is 68.7 Å². The first-order valence-corrected chi connectivity index (χ1v) is 7.32. The van der Waals surface area contributed by atoms with Gasteiger partial charge in [-0.2, -0.15) is 0 Å². The Hall–Kier alpha value is -0.500. The van der Waals surface area contributed by atoms with Gasteiger partial charge in [-0.15, -0.1) is 0 Å². The normalized spacial score (nSPS) is 12.5. The van der Waals surface area contributed by atoms with Crippen LogP contribution in [-0.4, -0.2) is 0 Å². The molecule has 2 rings (SSSR count). The second-order valence-electron chi connectivity index (χ2n) is 4.43. The van der Waals surface area contributed by atoms with Crippen LogP contribution in [-0.2, 0) is 0 Å². The van der Waals surface area contributed by atoms with Crippen LogP contribution in [0.25, 0.3) is 0 Å². The van der Waals surface area contributed by atoms with E-state index in [1.807, 2.05) is 12.1 Å². The lowest BCUT2D eigenvalue weighted by Crippen LogP contribution is -1.96. The number of hydrogen-bond donors (Lipinski definition) is 0. The van der Waals surface area contributed by atoms with Gasteiger partial charge in [0.05, 0.1) is 4.83 Å². The third-order valence-corrected chi connectivity index (χ3v) is 4.33. The molecule has 18 heavy (non-hydrogen) atoms. The van der Waals surface area contributed by atoms with E-state index >= 15 is 0 Å². The van der Waals surface area contributed by atoms with Crippen molar-refractivity contribution in [1.29, 1.82) is 0 Å². The highest BCUT2D eigenvalue weighted by Gasteiger charge is 2.14. The van der Waals surface area contributed by atoms with Crippen molar-refractivity contribution in [2.24, 2.45) is 0 Å². The van der Waals surface area contributed by atoms with Crippen LogP contribution in [0, 0.1) is 13.8 Å². The van der Waals surface area contributed by atoms with Gasteiger partial charge >= 0.3 is 0 Å². The van der Waals surface area contributed by atoms with Crippen molar-refractivity contribution in [2.75, 3.05) is 0 Å². The third-order valence-electron chi connectivity index (χ3n) is 2.88. The molecule has 0 spiro atoms. The molecule has 2 aromatic rings. The van der Waals surface area contributed by atoms with Crippen LogP contribution in [0.4, 0.5) is 0 Å². The molecule has 1 unspecified atom stereocenters. The first-order chi connectivity index (χ1) is 8.47. The number of rotatable bonds is 2. The minimum atomic E-state index is 0.106. The maximum absolute atomic E-state index is 6.04. The summed E-state index contributed by atoms with van der Waals surface area (Å²) in [6.07, 6.45) is 0. The van der Waals surface area contributed by atoms with Crippen molar-refractivity contribution in [3.8, 4) is 0 Å². The predicted octanol–water partition coefficient (Wildman–Crippen LogP) is 6.09. The molecule has 0 aliphatic carbocycles. The zero-order chi connectivity index (χ0) is 13.3. The molecule has 2 aromatic carbocycles. The van der Waals surface area contributed by atoms with E-state index in [4.69, 9.17) is 23.2 Å². The van der Waals surface area contributed by atoms with E-state index in [1.165, 1.54) is 16.7 Å². The second kappa shape index (κ2) is 5.64. The van der Waals surface area contributed by atoms with E-state index in [0.29, 0.717) is 10.0 Å². The number of halogens is 3. The molecule has 0 bridgehead atoms. The molecule has 0 aliphatic rings. The summed E-state index contributed by atoms with van der Waals surface area (Å²) in [5.41, 5.74) is 4.83. The molecule has 0 aliphatic heterocycles. The van der Waals surface area contributed by atoms with Gasteiger partial charge in [-0.05, 0) is 48.7 Å². The molecule has 0 aromatic heterocycles. The summed E-state index contributed by atoms with van der Waals surface area (Å²) in [5, 5.41) is 1.32. The Bertz CT molecular complexity index is 558. The number of aryl methyl sites for hydroxylation is 2. The quantitative estimate of drug-likeness (QED) is 0.578. The number of benzene rings is 2. The van der Waals surface area contributed by atoms with Crippen LogP contribution < -0.4 is 0 Å². The zero-order valence-electron chi connectivity index (χ0n) is 10.2. The molecule has 0 saturated heterocycles. The zero-order valence-corrected chi connectivity index (χ0v) is 13.3. The summed E-state index contributed by atoms with van der Waals surface area (Å²) in [4.78, 5) is 0.106. The minimum Gasteiger partial charge on any atom is -0.0843 e. The molecule has 0 amide bonds. The van der Waals surface area contributed by atoms with Gasteiger partial charge in [0.25, 0.3) is 0 Å². The largest absolute Gasteiger partial charge is 0.0843 e. The van der Waals surface area contributed by atoms with Crippen molar-refractivity contribution in [3.63, 3.8) is 0 Å². The van der Waals surface area contributed by atoms with E-state index in [9.17, 15) is 0 Å². The Morgan fingerprint density at radius 2 is 1.56 bits per heavy atom. The van der Waals surface area contributed by atoms with Crippen LogP contribution >= 0.6 is 39.1 Å². The number of alkyl halides is 1. The molecule has 0 heterocycles. The highest BCUT2D eigenvalue weighted by molar-refractivity contribution is 9.09. The Labute approximate surface area is 126 Å². The second-order valence-corrected chi connectivity index (χ2v) is 6.21. The first-order valence-electron chi connectivity index (χ1n) is 5.64. The highest BCUT2D eigenvalue weighted by atomic mass is 79.9. The fourth-order valence-corrected chi connectivity index (χ4v) is 3.33. The van der Waals surface area contributed by atoms with E-state index < -0.39 is 0 Å². The van der Waals surface area contributed by atoms with Crippen LogP contribution in [0.3, 0.4) is 0 Å². The molecule has 1 atom stereocenters. The van der Waals surface area contributed by atoms with Crippen LogP contribution in [0.2, 0.25) is 10.0 Å². The molecular formula is C15H13BrCl2. The summed E-state index contributed by atoms with van der Waals surface area (Å²) in [6.45, 7) is 4.21. The van der Waals surface area contributed by atoms with E-state index in [1.54, 1.807) is 6.07 Å². The number of hydrogen-bond acceptors (Lipinski definition) is 0. The Balaban J connectivity index is 2.44. The van der Waals surface area contributed by atoms with Gasteiger partial charge < -0.3 is 0 Å². The van der Waals surface area contributed by atoms with E-state index in [-0.39, 0.29) is 4.83 Å². The molecule has 3 heteroatoms. The fourth-order valence-electron chi connectivity index (χ4n) is 2.01. The van der Waals surface area contributed by atoms with Gasteiger partial charge in [-0.25, -0.2) is 0 Å². The highest BCUT2D eigenvalue weighted by Crippen LogP contribution is 2.35. The molecule has 0 radical (unpaired) electrons. The van der Waals surface area contributed by atoms with Gasteiger partial charge in [0.15, 0.2) is 0 Å². The van der Waals surface area contributed by atoms with Crippen molar-refractivity contribution >= 4 is 39.1 Å². The molecule has 0 N–H and O–H groups in total. The van der Waals surface area contributed by atoms with Crippen LogP contribution in [0.15, 0.2) is 36.4 Å². The van der Waals surface area contributed by atoms with Gasteiger partial charge in [0.1, 0.15) is 0 Å². The Morgan fingerprint density at radius 1 is 0.944 bits per heavy atom. The monoisotopic (exact) mass is 342 g/mol. The summed E-state index contributed by atoms with van der Waals surface area (Å²) >= 11 is 15.8. The summed E-state index contributed by atoms with van der Waals surface area (Å²) in [7, 11) is 0. The molecule has 94 valence electrons. The lowest BCUT2D eigenvalue weighted by atomic mass is 9.99. The fraction of sp³-hybridized carbons (Fsp3) is 0.200. The first kappa shape index (κ1) is 13.9. The van der Waals surface area contributed by atoms with Gasteiger partial charge in [-0.1, -0.05) is 62.9 Å². The molecule has 0 saturated carbocycles. The van der Waals surface area contributed by atoms with Crippen molar-refractivity contribution < 1.29 is 0 Å². The maximum atomic E-state index is 6.04. The van der Waals surface area contributed by atoms with Gasteiger partial charge in [-0.3, -0.25) is 0 Å². The smallest absolute Gasteiger partial charge is 0.0648 e. The van der Waals surface area contributed by atoms with Crippen LogP contribution in [0.5, 0.6) is 0 Å². The third kappa shape index (κ3) is 3.09. The Morgan fingerprint density at radius 3 is 2.11 bits per heavy atom. The summed E-state index contributed by atoms with van der Waals surface area (Å²) < 4.78 is 0. The summed E-state index contributed by atoms with van der Waals surface area (Å²) in [6, 6.07) is 12.0. The lowest BCUT2D eigenvalue weighted by molar-refractivity contribution is 1.14. The predicted molar refractivity (Wildman–Crippen MR) is 83.1 cm³/mol. The lowest BCUT2D eigenvalue weighted by Gasteiger charge is -2.15. The minimum absolute atomic E-state index is 0.106. The summed E-state index contributed by atoms with van der Waals surface area (Å²) in [5.74, 6) is 0.